The number of rotatable bonds is 58. The molecular formula is C73H124N2O6P+. The first-order chi connectivity index (χ1) is 40.0. The summed E-state index contributed by atoms with van der Waals surface area (Å²) in [7, 11) is 1.52. The highest BCUT2D eigenvalue weighted by Crippen LogP contribution is 2.43. The first kappa shape index (κ1) is 78.1. The first-order valence-electron chi connectivity index (χ1n) is 32.9. The Kier molecular flexibility index (Phi) is 58.8. The third-order valence-corrected chi connectivity index (χ3v) is 14.7. The van der Waals surface area contributed by atoms with Crippen molar-refractivity contribution in [1.29, 1.82) is 0 Å². The van der Waals surface area contributed by atoms with Gasteiger partial charge in [-0.15, -0.1) is 0 Å². The van der Waals surface area contributed by atoms with E-state index in [-0.39, 0.29) is 19.1 Å². The normalized spacial score (nSPS) is 14.8. The van der Waals surface area contributed by atoms with E-state index in [2.05, 4.69) is 165 Å². The minimum Gasteiger partial charge on any atom is -0.387 e. The molecule has 9 heteroatoms. The number of amides is 1. The van der Waals surface area contributed by atoms with E-state index in [1.54, 1.807) is 6.08 Å². The molecule has 82 heavy (non-hydrogen) atoms. The maximum absolute atomic E-state index is 13.0. The number of carbonyl (C=O) groups is 1. The number of quaternary nitrogens is 1. The maximum atomic E-state index is 13.0. The summed E-state index contributed by atoms with van der Waals surface area (Å²) in [5, 5.41) is 13.9. The Morgan fingerprint density at radius 1 is 0.427 bits per heavy atom. The summed E-state index contributed by atoms with van der Waals surface area (Å²) in [5.74, 6) is -0.201. The monoisotopic (exact) mass is 1160 g/mol. The SMILES string of the molecule is CC/C=C\C/C=C\C/C=C\C/C=C\C/C=C\C/C=C\C/C=C\C/C=C\C/C=C\C/C=C\CCCCCCCCCCCCC(=O)NC(COP(=O)(O)OCC[N+](C)(C)C)C(O)/C=C/CC/C=C/CC/C=C/CCCCCCCCCCC. The number of aliphatic hydroxyl groups excluding tert-OH is 1. The van der Waals surface area contributed by atoms with Gasteiger partial charge in [0.15, 0.2) is 0 Å². The van der Waals surface area contributed by atoms with Gasteiger partial charge in [0.05, 0.1) is 39.9 Å². The van der Waals surface area contributed by atoms with Gasteiger partial charge >= 0.3 is 7.82 Å². The molecule has 0 aliphatic carbocycles. The third-order valence-electron chi connectivity index (χ3n) is 13.7. The fourth-order valence-corrected chi connectivity index (χ4v) is 9.37. The minimum atomic E-state index is -4.37. The minimum absolute atomic E-state index is 0.0453. The fourth-order valence-electron chi connectivity index (χ4n) is 8.63. The number of hydrogen-bond acceptors (Lipinski definition) is 5. The van der Waals surface area contributed by atoms with Crippen LogP contribution in [0.15, 0.2) is 158 Å². The van der Waals surface area contributed by atoms with Gasteiger partial charge < -0.3 is 19.8 Å². The lowest BCUT2D eigenvalue weighted by atomic mass is 10.0. The second kappa shape index (κ2) is 61.7. The molecule has 0 rings (SSSR count). The number of likely N-dealkylation sites (N-methyl/N-ethyl adjacent to an activating group) is 1. The Balaban J connectivity index is 4.17. The topological polar surface area (TPSA) is 105 Å². The number of phosphoric acid groups is 1. The maximum Gasteiger partial charge on any atom is 0.472 e. The lowest BCUT2D eigenvalue weighted by molar-refractivity contribution is -0.870. The van der Waals surface area contributed by atoms with Gasteiger partial charge in [-0.25, -0.2) is 4.57 Å². The van der Waals surface area contributed by atoms with E-state index in [9.17, 15) is 19.4 Å². The van der Waals surface area contributed by atoms with Crippen molar-refractivity contribution in [3.63, 3.8) is 0 Å². The third kappa shape index (κ3) is 63.7. The molecule has 3 atom stereocenters. The Morgan fingerprint density at radius 2 is 0.744 bits per heavy atom. The second-order valence-corrected chi connectivity index (χ2v) is 24.2. The summed E-state index contributed by atoms with van der Waals surface area (Å²) in [6.07, 6.45) is 96.5. The van der Waals surface area contributed by atoms with Crippen LogP contribution in [-0.4, -0.2) is 73.4 Å². The van der Waals surface area contributed by atoms with E-state index in [0.717, 1.165) is 116 Å². The summed E-state index contributed by atoms with van der Waals surface area (Å²) < 4.78 is 23.7. The highest BCUT2D eigenvalue weighted by molar-refractivity contribution is 7.47. The molecule has 0 saturated carbocycles. The molecule has 3 unspecified atom stereocenters. The van der Waals surface area contributed by atoms with Crippen LogP contribution in [0.5, 0.6) is 0 Å². The molecule has 0 bridgehead atoms. The van der Waals surface area contributed by atoms with Gasteiger partial charge in [0.1, 0.15) is 13.2 Å². The van der Waals surface area contributed by atoms with Gasteiger partial charge in [-0.3, -0.25) is 13.8 Å². The van der Waals surface area contributed by atoms with Crippen LogP contribution in [0.2, 0.25) is 0 Å². The van der Waals surface area contributed by atoms with E-state index in [1.807, 2.05) is 27.2 Å². The van der Waals surface area contributed by atoms with Crippen molar-refractivity contribution in [2.75, 3.05) is 40.9 Å². The van der Waals surface area contributed by atoms with Crippen molar-refractivity contribution in [3.8, 4) is 0 Å². The molecule has 0 aromatic carbocycles. The Hall–Kier alpha value is -3.88. The molecule has 0 fully saturated rings. The highest BCUT2D eigenvalue weighted by atomic mass is 31.2. The molecule has 0 aromatic heterocycles. The van der Waals surface area contributed by atoms with Crippen LogP contribution in [0.25, 0.3) is 0 Å². The number of aliphatic hydroxyl groups is 1. The zero-order valence-electron chi connectivity index (χ0n) is 53.2. The molecular weight excluding hydrogens is 1030 g/mol. The molecule has 0 heterocycles. The number of hydrogen-bond donors (Lipinski definition) is 3. The largest absolute Gasteiger partial charge is 0.472 e. The summed E-state index contributed by atoms with van der Waals surface area (Å²) in [6.45, 7) is 4.66. The number of allylic oxidation sites excluding steroid dienone is 25. The average Bonchev–Trinajstić information content (AvgIpc) is 3.47. The van der Waals surface area contributed by atoms with Gasteiger partial charge in [0, 0.05) is 6.42 Å². The lowest BCUT2D eigenvalue weighted by Crippen LogP contribution is -2.45. The van der Waals surface area contributed by atoms with Crippen molar-refractivity contribution in [3.05, 3.63) is 158 Å². The summed E-state index contributed by atoms with van der Waals surface area (Å²) in [6, 6.07) is -0.884. The lowest BCUT2D eigenvalue weighted by Gasteiger charge is -2.25. The van der Waals surface area contributed by atoms with Gasteiger partial charge in [0.2, 0.25) is 5.91 Å². The Bertz CT molecular complexity index is 1890. The van der Waals surface area contributed by atoms with Crippen LogP contribution in [-0.2, 0) is 18.4 Å². The van der Waals surface area contributed by atoms with E-state index < -0.39 is 20.0 Å². The van der Waals surface area contributed by atoms with E-state index in [1.165, 1.54) is 109 Å². The molecule has 1 amide bonds. The molecule has 466 valence electrons. The van der Waals surface area contributed by atoms with Gasteiger partial charge in [-0.05, 0) is 122 Å². The molecule has 0 saturated heterocycles. The Labute approximate surface area is 505 Å². The van der Waals surface area contributed by atoms with Crippen molar-refractivity contribution in [2.45, 2.75) is 257 Å². The second-order valence-electron chi connectivity index (χ2n) is 22.7. The molecule has 0 aromatic rings. The first-order valence-corrected chi connectivity index (χ1v) is 34.4. The number of nitrogens with one attached hydrogen (secondary N) is 1. The summed E-state index contributed by atoms with van der Waals surface area (Å²) >= 11 is 0. The number of nitrogens with zero attached hydrogens (tertiary/aromatic N) is 1. The standard InChI is InChI=1S/C73H123N2O6P/c1-6-8-10-12-14-16-18-20-22-24-26-27-28-29-30-31-32-33-34-35-36-37-38-39-40-41-42-43-44-45-46-47-49-51-53-55-57-59-61-63-65-67-73(77)74-71(70-81-82(78,79)80-69-68-75(3,4)5)72(76)66-64-62-60-58-56-54-52-50-48-25-23-21-19-17-15-13-11-9-7-2/h8,10,14,16,20,22,26-27,29-30,32-33,35-36,38-39,41-42,44-45,48,50,56,58,64,66,71-72,76H,6-7,9,11-13,15,17-19,21,23-25,28,31,34,37,40,43,46-47,49,51-55,57,59-63,65,67-70H2,1-5H3,(H-,74,77,78,79)/p+1/b10-8-,16-14-,22-20-,27-26-,30-29-,33-32-,36-35-,39-38-,42-41-,45-44-,50-48+,58-56+,66-64+. The number of phosphoric ester groups is 1. The highest BCUT2D eigenvalue weighted by Gasteiger charge is 2.27. The van der Waals surface area contributed by atoms with Crippen LogP contribution in [0.3, 0.4) is 0 Å². The summed E-state index contributed by atoms with van der Waals surface area (Å²) in [5.41, 5.74) is 0. The molecule has 0 spiro atoms. The van der Waals surface area contributed by atoms with E-state index in [0.29, 0.717) is 17.4 Å². The summed E-state index contributed by atoms with van der Waals surface area (Å²) in [4.78, 5) is 23.4. The van der Waals surface area contributed by atoms with Crippen LogP contribution >= 0.6 is 7.82 Å². The quantitative estimate of drug-likeness (QED) is 0.0243. The average molecular weight is 1160 g/mol. The van der Waals surface area contributed by atoms with Gasteiger partial charge in [-0.1, -0.05) is 275 Å². The van der Waals surface area contributed by atoms with E-state index >= 15 is 0 Å². The predicted molar refractivity (Wildman–Crippen MR) is 359 cm³/mol. The number of carbonyl (C=O) groups excluding carboxylic acids is 1. The number of unbranched alkanes of at least 4 members (excludes halogenated alkanes) is 21. The van der Waals surface area contributed by atoms with Gasteiger partial charge in [-0.2, -0.15) is 0 Å². The zero-order valence-corrected chi connectivity index (χ0v) is 54.1. The van der Waals surface area contributed by atoms with Crippen LogP contribution < -0.4 is 5.32 Å². The van der Waals surface area contributed by atoms with Crippen LogP contribution in [0.4, 0.5) is 0 Å². The Morgan fingerprint density at radius 3 is 1.12 bits per heavy atom. The molecule has 0 aliphatic rings. The van der Waals surface area contributed by atoms with Crippen LogP contribution in [0, 0.1) is 0 Å². The molecule has 8 nitrogen and oxygen atoms in total. The van der Waals surface area contributed by atoms with Crippen molar-refractivity contribution in [2.24, 2.45) is 0 Å². The molecule has 0 aliphatic heterocycles. The van der Waals surface area contributed by atoms with Crippen molar-refractivity contribution >= 4 is 13.7 Å². The smallest absolute Gasteiger partial charge is 0.387 e. The van der Waals surface area contributed by atoms with Crippen molar-refractivity contribution < 1.29 is 32.9 Å². The van der Waals surface area contributed by atoms with E-state index in [4.69, 9.17) is 9.05 Å². The fraction of sp³-hybridized carbons (Fsp3) is 0.630. The zero-order chi connectivity index (χ0) is 59.8. The molecule has 0 radical (unpaired) electrons. The predicted octanol–water partition coefficient (Wildman–Crippen LogP) is 21.0. The van der Waals surface area contributed by atoms with Crippen LogP contribution in [0.1, 0.15) is 245 Å². The van der Waals surface area contributed by atoms with Gasteiger partial charge in [0.25, 0.3) is 0 Å². The van der Waals surface area contributed by atoms with Crippen molar-refractivity contribution in [1.82, 2.24) is 5.32 Å². The molecule has 3 N–H and O–H groups in total.